The van der Waals surface area contributed by atoms with E-state index in [4.69, 9.17) is 13.8 Å². The predicted molar refractivity (Wildman–Crippen MR) is 92.7 cm³/mol. The standard InChI is InChI=1S/C18H26N4O4/c1-10(2)14-9-13(21-25-14)17(23)19-15(12-5-7-24-8-6-12)18-20-16(11(3)4)22-26-18/h9-12,15H,5-8H2,1-4H3,(H,19,23)/t15-/m0/s1. The molecule has 0 aromatic carbocycles. The first-order valence-electron chi connectivity index (χ1n) is 9.14. The van der Waals surface area contributed by atoms with Gasteiger partial charge in [-0.15, -0.1) is 0 Å². The number of carbonyl (C=O) groups is 1. The molecule has 0 unspecified atom stereocenters. The number of amides is 1. The molecule has 0 bridgehead atoms. The fourth-order valence-corrected chi connectivity index (χ4v) is 2.92. The molecule has 1 aliphatic heterocycles. The smallest absolute Gasteiger partial charge is 0.274 e. The van der Waals surface area contributed by atoms with Gasteiger partial charge in [0.1, 0.15) is 11.8 Å². The molecule has 0 radical (unpaired) electrons. The van der Waals surface area contributed by atoms with Gasteiger partial charge in [-0.3, -0.25) is 4.79 Å². The summed E-state index contributed by atoms with van der Waals surface area (Å²) < 4.78 is 16.1. The summed E-state index contributed by atoms with van der Waals surface area (Å²) >= 11 is 0. The molecule has 1 atom stereocenters. The van der Waals surface area contributed by atoms with Crippen molar-refractivity contribution in [3.63, 3.8) is 0 Å². The van der Waals surface area contributed by atoms with Gasteiger partial charge >= 0.3 is 0 Å². The van der Waals surface area contributed by atoms with Gasteiger partial charge in [0.2, 0.25) is 5.89 Å². The molecule has 8 heteroatoms. The van der Waals surface area contributed by atoms with Crippen molar-refractivity contribution in [2.24, 2.45) is 5.92 Å². The van der Waals surface area contributed by atoms with Gasteiger partial charge in [-0.05, 0) is 18.8 Å². The van der Waals surface area contributed by atoms with Crippen molar-refractivity contribution in [1.29, 1.82) is 0 Å². The second-order valence-corrected chi connectivity index (χ2v) is 7.32. The Bertz CT molecular complexity index is 731. The van der Waals surface area contributed by atoms with Gasteiger partial charge < -0.3 is 19.1 Å². The maximum Gasteiger partial charge on any atom is 0.274 e. The van der Waals surface area contributed by atoms with Crippen molar-refractivity contribution in [1.82, 2.24) is 20.6 Å². The lowest BCUT2D eigenvalue weighted by atomic mass is 9.91. The number of carbonyl (C=O) groups excluding carboxylic acids is 1. The van der Waals surface area contributed by atoms with E-state index in [2.05, 4.69) is 20.6 Å². The van der Waals surface area contributed by atoms with Crippen molar-refractivity contribution in [2.45, 2.75) is 58.4 Å². The lowest BCUT2D eigenvalue weighted by molar-refractivity contribution is 0.0466. The van der Waals surface area contributed by atoms with Crippen LogP contribution in [0.2, 0.25) is 0 Å². The normalized spacial score (nSPS) is 17.0. The quantitative estimate of drug-likeness (QED) is 0.841. The average molecular weight is 362 g/mol. The number of rotatable bonds is 6. The monoisotopic (exact) mass is 362 g/mol. The highest BCUT2D eigenvalue weighted by Gasteiger charge is 2.32. The Labute approximate surface area is 152 Å². The van der Waals surface area contributed by atoms with Gasteiger partial charge in [0, 0.05) is 31.1 Å². The van der Waals surface area contributed by atoms with E-state index < -0.39 is 0 Å². The SMILES string of the molecule is CC(C)c1noc([C@@H](NC(=O)c2cc(C(C)C)on2)C2CCOCC2)n1. The van der Waals surface area contributed by atoms with Crippen LogP contribution in [0.5, 0.6) is 0 Å². The third kappa shape index (κ3) is 4.12. The van der Waals surface area contributed by atoms with Gasteiger partial charge in [0.05, 0.1) is 0 Å². The van der Waals surface area contributed by atoms with Crippen LogP contribution >= 0.6 is 0 Å². The predicted octanol–water partition coefficient (Wildman–Crippen LogP) is 3.20. The van der Waals surface area contributed by atoms with Crippen LogP contribution in [0.15, 0.2) is 15.1 Å². The highest BCUT2D eigenvalue weighted by Crippen LogP contribution is 2.30. The first-order chi connectivity index (χ1) is 12.5. The molecule has 142 valence electrons. The molecule has 8 nitrogen and oxygen atoms in total. The average Bonchev–Trinajstić information content (AvgIpc) is 3.30. The van der Waals surface area contributed by atoms with E-state index in [-0.39, 0.29) is 35.4 Å². The maximum atomic E-state index is 12.7. The first kappa shape index (κ1) is 18.6. The Kier molecular flexibility index (Phi) is 5.70. The number of hydrogen-bond donors (Lipinski definition) is 1. The minimum absolute atomic E-state index is 0.155. The Hall–Kier alpha value is -2.22. The first-order valence-corrected chi connectivity index (χ1v) is 9.14. The Morgan fingerprint density at radius 3 is 2.42 bits per heavy atom. The minimum Gasteiger partial charge on any atom is -0.381 e. The van der Waals surface area contributed by atoms with Gasteiger partial charge in [0.15, 0.2) is 11.5 Å². The Morgan fingerprint density at radius 2 is 1.85 bits per heavy atom. The van der Waals surface area contributed by atoms with Crippen LogP contribution in [0.3, 0.4) is 0 Å². The van der Waals surface area contributed by atoms with Crippen LogP contribution in [-0.4, -0.2) is 34.4 Å². The summed E-state index contributed by atoms with van der Waals surface area (Å²) in [7, 11) is 0. The third-order valence-electron chi connectivity index (χ3n) is 4.59. The highest BCUT2D eigenvalue weighted by atomic mass is 16.5. The second-order valence-electron chi connectivity index (χ2n) is 7.32. The summed E-state index contributed by atoms with van der Waals surface area (Å²) in [6.45, 7) is 9.28. The minimum atomic E-state index is -0.370. The molecule has 3 heterocycles. The summed E-state index contributed by atoms with van der Waals surface area (Å²) in [6, 6.07) is 1.31. The number of hydrogen-bond acceptors (Lipinski definition) is 7. The largest absolute Gasteiger partial charge is 0.381 e. The van der Waals surface area contributed by atoms with Crippen LogP contribution in [0.25, 0.3) is 0 Å². The second kappa shape index (κ2) is 7.99. The molecule has 1 fully saturated rings. The number of aromatic nitrogens is 3. The molecule has 0 aliphatic carbocycles. The van der Waals surface area contributed by atoms with Crippen LogP contribution in [0.1, 0.15) is 86.4 Å². The Morgan fingerprint density at radius 1 is 1.12 bits per heavy atom. The molecule has 1 N–H and O–H groups in total. The molecule has 2 aromatic rings. The van der Waals surface area contributed by atoms with E-state index in [0.29, 0.717) is 30.7 Å². The summed E-state index contributed by atoms with van der Waals surface area (Å²) in [5, 5.41) is 10.9. The summed E-state index contributed by atoms with van der Waals surface area (Å²) in [6.07, 6.45) is 1.64. The van der Waals surface area contributed by atoms with Crippen molar-refractivity contribution in [3.8, 4) is 0 Å². The van der Waals surface area contributed by atoms with Gasteiger partial charge in [-0.25, -0.2) is 0 Å². The lowest BCUT2D eigenvalue weighted by Gasteiger charge is -2.28. The molecule has 2 aromatic heterocycles. The van der Waals surface area contributed by atoms with Crippen LogP contribution in [-0.2, 0) is 4.74 Å². The molecule has 1 aliphatic rings. The molecule has 0 saturated carbocycles. The van der Waals surface area contributed by atoms with Crippen molar-refractivity contribution in [2.75, 3.05) is 13.2 Å². The number of nitrogens with zero attached hydrogens (tertiary/aromatic N) is 3. The summed E-state index contributed by atoms with van der Waals surface area (Å²) in [5.41, 5.74) is 0.259. The third-order valence-corrected chi connectivity index (χ3v) is 4.59. The van der Waals surface area contributed by atoms with E-state index in [0.717, 1.165) is 12.8 Å². The molecule has 26 heavy (non-hydrogen) atoms. The maximum absolute atomic E-state index is 12.7. The van der Waals surface area contributed by atoms with E-state index in [1.165, 1.54) is 0 Å². The van der Waals surface area contributed by atoms with Crippen LogP contribution in [0, 0.1) is 5.92 Å². The summed E-state index contributed by atoms with van der Waals surface area (Å²) in [4.78, 5) is 17.2. The molecule has 3 rings (SSSR count). The van der Waals surface area contributed by atoms with Crippen LogP contribution < -0.4 is 5.32 Å². The van der Waals surface area contributed by atoms with Crippen molar-refractivity contribution in [3.05, 3.63) is 29.2 Å². The van der Waals surface area contributed by atoms with Gasteiger partial charge in [-0.2, -0.15) is 4.98 Å². The highest BCUT2D eigenvalue weighted by molar-refractivity contribution is 5.92. The van der Waals surface area contributed by atoms with E-state index in [1.807, 2.05) is 27.7 Å². The van der Waals surface area contributed by atoms with Crippen molar-refractivity contribution >= 4 is 5.91 Å². The number of nitrogens with one attached hydrogen (secondary N) is 1. The zero-order valence-corrected chi connectivity index (χ0v) is 15.7. The van der Waals surface area contributed by atoms with E-state index >= 15 is 0 Å². The summed E-state index contributed by atoms with van der Waals surface area (Å²) in [5.74, 6) is 1.93. The van der Waals surface area contributed by atoms with E-state index in [1.54, 1.807) is 6.07 Å². The fourth-order valence-electron chi connectivity index (χ4n) is 2.92. The van der Waals surface area contributed by atoms with Crippen molar-refractivity contribution < 1.29 is 18.6 Å². The molecule has 1 amide bonds. The number of ether oxygens (including phenoxy) is 1. The fraction of sp³-hybridized carbons (Fsp3) is 0.667. The zero-order valence-electron chi connectivity index (χ0n) is 15.7. The molecule has 1 saturated heterocycles. The van der Waals surface area contributed by atoms with Gasteiger partial charge in [0.25, 0.3) is 5.91 Å². The zero-order chi connectivity index (χ0) is 18.7. The van der Waals surface area contributed by atoms with E-state index in [9.17, 15) is 4.79 Å². The lowest BCUT2D eigenvalue weighted by Crippen LogP contribution is -2.36. The van der Waals surface area contributed by atoms with Gasteiger partial charge in [-0.1, -0.05) is 38.0 Å². The molecular weight excluding hydrogens is 336 g/mol. The molecular formula is C18H26N4O4. The molecule has 0 spiro atoms. The van der Waals surface area contributed by atoms with Crippen LogP contribution in [0.4, 0.5) is 0 Å². The topological polar surface area (TPSA) is 103 Å². The Balaban J connectivity index is 1.80.